The highest BCUT2D eigenvalue weighted by Gasteiger charge is 2.52. The smallest absolute Gasteiger partial charge is 0.306 e. The zero-order valence-corrected chi connectivity index (χ0v) is 42.4. The van der Waals surface area contributed by atoms with E-state index >= 15 is 0 Å². The minimum atomic E-state index is -1.91. The molecule has 0 aromatic carbocycles. The van der Waals surface area contributed by atoms with Crippen molar-refractivity contribution in [2.75, 3.05) is 19.8 Å². The lowest BCUT2D eigenvalue weighted by molar-refractivity contribution is -0.380. The molecule has 17 atom stereocenters. The molecule has 20 nitrogen and oxygen atoms in total. The molecule has 3 aliphatic heterocycles. The van der Waals surface area contributed by atoms with E-state index < -0.39 is 129 Å². The first-order valence-corrected chi connectivity index (χ1v) is 26.1. The van der Waals surface area contributed by atoms with Gasteiger partial charge in [0.2, 0.25) is 0 Å². The summed E-state index contributed by atoms with van der Waals surface area (Å²) in [7, 11) is 0. The van der Waals surface area contributed by atoms with Crippen molar-refractivity contribution < 1.29 is 98.2 Å². The van der Waals surface area contributed by atoms with Gasteiger partial charge in [-0.2, -0.15) is 0 Å². The van der Waals surface area contributed by atoms with Crippen LogP contribution in [0.4, 0.5) is 0 Å². The first kappa shape index (κ1) is 62.3. The molecule has 70 heavy (non-hydrogen) atoms. The summed E-state index contributed by atoms with van der Waals surface area (Å²) >= 11 is 0. The number of ketones is 1. The lowest BCUT2D eigenvalue weighted by Crippen LogP contribution is -2.65. The molecule has 3 fully saturated rings. The Bertz CT molecular complexity index is 1440. The number of aliphatic hydroxyl groups excluding tert-OH is 9. The molecule has 0 radical (unpaired) electrons. The second kappa shape index (κ2) is 33.8. The van der Waals surface area contributed by atoms with Crippen LogP contribution in [-0.4, -0.2) is 188 Å². The summed E-state index contributed by atoms with van der Waals surface area (Å²) in [6, 6.07) is 0. The van der Waals surface area contributed by atoms with Crippen LogP contribution in [0.2, 0.25) is 0 Å². The predicted octanol–water partition coefficient (Wildman–Crippen LogP) is 2.76. The van der Waals surface area contributed by atoms with Crippen LogP contribution < -0.4 is 0 Å². The molecule has 0 amide bonds. The van der Waals surface area contributed by atoms with E-state index in [2.05, 4.69) is 0 Å². The normalized spacial score (nSPS) is 31.2. The maximum absolute atomic E-state index is 12.3. The maximum Gasteiger partial charge on any atom is 0.306 e. The van der Waals surface area contributed by atoms with Gasteiger partial charge < -0.3 is 83.9 Å². The minimum absolute atomic E-state index is 0.0242. The number of rotatable bonds is 35. The number of Topliss-reactive ketones (excluding diaryl/α,β-unsaturated/α-hetero) is 1. The Hall–Kier alpha value is -1.99. The average molecular weight is 1010 g/mol. The van der Waals surface area contributed by atoms with Gasteiger partial charge in [-0.3, -0.25) is 14.4 Å². The van der Waals surface area contributed by atoms with E-state index in [9.17, 15) is 60.3 Å². The van der Waals surface area contributed by atoms with Crippen LogP contribution in [0.1, 0.15) is 169 Å². The van der Waals surface area contributed by atoms with Gasteiger partial charge in [-0.15, -0.1) is 0 Å². The zero-order valence-electron chi connectivity index (χ0n) is 42.4. The first-order valence-electron chi connectivity index (χ1n) is 26.1. The molecule has 3 aliphatic rings. The van der Waals surface area contributed by atoms with Crippen molar-refractivity contribution in [3.8, 4) is 0 Å². The number of ether oxygens (including phenoxy) is 8. The highest BCUT2D eigenvalue weighted by molar-refractivity contribution is 5.80. The van der Waals surface area contributed by atoms with E-state index in [0.717, 1.165) is 64.7 Å². The second-order valence-corrected chi connectivity index (χ2v) is 20.0. The molecule has 3 rings (SSSR count). The highest BCUT2D eigenvalue weighted by Crippen LogP contribution is 2.33. The van der Waals surface area contributed by atoms with Gasteiger partial charge in [0, 0.05) is 13.3 Å². The average Bonchev–Trinajstić information content (AvgIpc) is 3.31. The molecular formula is C50H90O20. The van der Waals surface area contributed by atoms with E-state index in [1.807, 2.05) is 20.8 Å². The van der Waals surface area contributed by atoms with Gasteiger partial charge in [0.15, 0.2) is 30.8 Å². The number of aliphatic hydroxyl groups is 9. The SMILES string of the molecule is CCCCC(CCC[C@H](O)C(O)CCCCCCCCCCCCCC[C@@H](O)C(C)=O)OC1OC[C@H](O)[C@@H](O)[C@@H]1O[C@H]1OC[C@H](OC(C)=O)[C@@H](O)[C@@H]1O[C@H]1O[C@@H](COC(=O)CC(C)C)[C@H](O)[C@@H](O)[C@@H]1O. The minimum Gasteiger partial charge on any atom is -0.463 e. The molecule has 9 N–H and O–H groups in total. The molecule has 3 heterocycles. The van der Waals surface area contributed by atoms with Crippen LogP contribution >= 0.6 is 0 Å². The fourth-order valence-corrected chi connectivity index (χ4v) is 8.91. The first-order chi connectivity index (χ1) is 33.3. The van der Waals surface area contributed by atoms with Crippen LogP contribution in [0.5, 0.6) is 0 Å². The lowest BCUT2D eigenvalue weighted by Gasteiger charge is -2.46. The second-order valence-electron chi connectivity index (χ2n) is 20.0. The van der Waals surface area contributed by atoms with E-state index in [-0.39, 0.29) is 24.7 Å². The third kappa shape index (κ3) is 22.2. The molecule has 20 heteroatoms. The van der Waals surface area contributed by atoms with Gasteiger partial charge in [-0.1, -0.05) is 111 Å². The molecule has 0 aromatic heterocycles. The standard InChI is InChI=1S/C50H90O20/c1-6-7-21-33(22-20-25-36(55)35(54)24-19-17-15-13-11-9-8-10-12-14-16-18-23-34(53)31(4)51)67-49-46(41(58)37(56)27-64-49)70-50-47(43(60)39(29-65-50)66-32(5)52)69-48-45(62)44(61)42(59)38(68-48)28-63-40(57)26-30(2)3/h30,33-39,41-50,53-56,58-62H,6-29H2,1-5H3/t33?,34-,35?,36+,37+,38+,39+,41-,42+,43-,44-,45+,46+,47+,48-,49?,50-/m1/s1. The van der Waals surface area contributed by atoms with Crippen LogP contribution in [0.25, 0.3) is 0 Å². The van der Waals surface area contributed by atoms with Crippen molar-refractivity contribution in [2.45, 2.75) is 274 Å². The molecule has 0 aliphatic carbocycles. The lowest BCUT2D eigenvalue weighted by atomic mass is 9.98. The van der Waals surface area contributed by atoms with Crippen molar-refractivity contribution in [1.82, 2.24) is 0 Å². The molecule has 0 spiro atoms. The number of hydrogen-bond acceptors (Lipinski definition) is 20. The van der Waals surface area contributed by atoms with Crippen LogP contribution in [0, 0.1) is 5.92 Å². The maximum atomic E-state index is 12.3. The van der Waals surface area contributed by atoms with Crippen molar-refractivity contribution >= 4 is 17.7 Å². The fourth-order valence-electron chi connectivity index (χ4n) is 8.91. The summed E-state index contributed by atoms with van der Waals surface area (Å²) in [5.74, 6) is -1.54. The van der Waals surface area contributed by atoms with Crippen molar-refractivity contribution in [3.63, 3.8) is 0 Å². The van der Waals surface area contributed by atoms with Gasteiger partial charge >= 0.3 is 11.9 Å². The van der Waals surface area contributed by atoms with Crippen molar-refractivity contribution in [1.29, 1.82) is 0 Å². The molecule has 3 saturated heterocycles. The Balaban J connectivity index is 1.53. The van der Waals surface area contributed by atoms with Gasteiger partial charge in [0.1, 0.15) is 67.6 Å². The van der Waals surface area contributed by atoms with Crippen LogP contribution in [0.15, 0.2) is 0 Å². The Morgan fingerprint density at radius 2 is 1.11 bits per heavy atom. The summed E-state index contributed by atoms with van der Waals surface area (Å²) in [5, 5.41) is 97.1. The van der Waals surface area contributed by atoms with Crippen molar-refractivity contribution in [2.24, 2.45) is 5.92 Å². The number of esters is 2. The summed E-state index contributed by atoms with van der Waals surface area (Å²) in [6.07, 6.45) is -6.40. The Morgan fingerprint density at radius 3 is 1.69 bits per heavy atom. The number of hydrogen-bond donors (Lipinski definition) is 9. The Kier molecular flexibility index (Phi) is 30.0. The van der Waals surface area contributed by atoms with E-state index in [1.165, 1.54) is 39.0 Å². The molecule has 3 unspecified atom stereocenters. The molecule has 410 valence electrons. The Labute approximate surface area is 414 Å². The molecular weight excluding hydrogens is 921 g/mol. The van der Waals surface area contributed by atoms with Crippen molar-refractivity contribution in [3.05, 3.63) is 0 Å². The molecule has 0 bridgehead atoms. The predicted molar refractivity (Wildman–Crippen MR) is 251 cm³/mol. The van der Waals surface area contributed by atoms with E-state index in [0.29, 0.717) is 38.5 Å². The van der Waals surface area contributed by atoms with Gasteiger partial charge in [0.05, 0.1) is 31.5 Å². The largest absolute Gasteiger partial charge is 0.463 e. The number of carbonyl (C=O) groups excluding carboxylic acids is 3. The fraction of sp³-hybridized carbons (Fsp3) is 0.940. The third-order valence-corrected chi connectivity index (χ3v) is 13.3. The topological polar surface area (TPSA) is 307 Å². The number of carbonyl (C=O) groups is 3. The van der Waals surface area contributed by atoms with E-state index in [1.54, 1.807) is 0 Å². The molecule has 0 aromatic rings. The van der Waals surface area contributed by atoms with Gasteiger partial charge in [-0.25, -0.2) is 0 Å². The van der Waals surface area contributed by atoms with Gasteiger partial charge in [0.25, 0.3) is 0 Å². The summed E-state index contributed by atoms with van der Waals surface area (Å²) in [5.41, 5.74) is 0. The summed E-state index contributed by atoms with van der Waals surface area (Å²) in [4.78, 5) is 35.3. The molecule has 0 saturated carbocycles. The highest BCUT2D eigenvalue weighted by atomic mass is 16.8. The summed E-state index contributed by atoms with van der Waals surface area (Å²) < 4.78 is 46.6. The third-order valence-electron chi connectivity index (χ3n) is 13.3. The van der Waals surface area contributed by atoms with Gasteiger partial charge in [-0.05, 0) is 51.4 Å². The van der Waals surface area contributed by atoms with E-state index in [4.69, 9.17) is 37.9 Å². The number of unbranched alkanes of at least 4 members (excludes halogenated alkanes) is 12. The monoisotopic (exact) mass is 1010 g/mol. The summed E-state index contributed by atoms with van der Waals surface area (Å²) in [6.45, 7) is 6.94. The quantitative estimate of drug-likeness (QED) is 0.0326. The Morgan fingerprint density at radius 1 is 0.586 bits per heavy atom. The zero-order chi connectivity index (χ0) is 51.8. The van der Waals surface area contributed by atoms with Crippen LogP contribution in [-0.2, 0) is 52.3 Å². The van der Waals surface area contributed by atoms with Crippen LogP contribution in [0.3, 0.4) is 0 Å².